The van der Waals surface area contributed by atoms with Gasteiger partial charge in [-0.05, 0) is 91.9 Å². The van der Waals surface area contributed by atoms with E-state index in [1.807, 2.05) is 0 Å². The van der Waals surface area contributed by atoms with Crippen molar-refractivity contribution < 1.29 is 14.6 Å². The number of aliphatic hydroxyl groups excluding tert-OH is 1. The van der Waals surface area contributed by atoms with Gasteiger partial charge in [-0.25, -0.2) is 0 Å². The van der Waals surface area contributed by atoms with Crippen molar-refractivity contribution in [2.75, 3.05) is 0 Å². The molecule has 0 spiro atoms. The van der Waals surface area contributed by atoms with Crippen LogP contribution in [0.1, 0.15) is 105 Å². The fourth-order valence-corrected chi connectivity index (χ4v) is 8.43. The fraction of sp³-hybridized carbons (Fsp3) is 0.893. The lowest BCUT2D eigenvalue weighted by Gasteiger charge is -2.59. The molecule has 3 heteroatoms. The molecule has 5 unspecified atom stereocenters. The molecular weight excluding hydrogens is 384 g/mol. The fourth-order valence-electron chi connectivity index (χ4n) is 8.43. The Morgan fingerprint density at radius 2 is 1.90 bits per heavy atom. The molecule has 176 valence electrons. The van der Waals surface area contributed by atoms with E-state index in [0.29, 0.717) is 23.2 Å². The zero-order valence-electron chi connectivity index (χ0n) is 20.7. The minimum absolute atomic E-state index is 0.0970. The molecule has 4 aliphatic rings. The van der Waals surface area contributed by atoms with Crippen molar-refractivity contribution in [2.45, 2.75) is 117 Å². The molecule has 3 saturated carbocycles. The Kier molecular flexibility index (Phi) is 6.65. The predicted octanol–water partition coefficient (Wildman–Crippen LogP) is 6.68. The van der Waals surface area contributed by atoms with Gasteiger partial charge in [0, 0.05) is 12.8 Å². The summed E-state index contributed by atoms with van der Waals surface area (Å²) in [5.41, 5.74) is 1.94. The molecule has 0 saturated heterocycles. The molecule has 0 heterocycles. The Labute approximate surface area is 190 Å². The SMILES string of the molecule is CC(=O)O[C@H]1C=C2CC(O)CC[C@]2(C)C2CC[C@]3(C)C(CCCCC(C)C)CCC3C21. The number of unbranched alkanes of at least 4 members (excludes halogenated alkanes) is 1. The lowest BCUT2D eigenvalue weighted by atomic mass is 9.46. The van der Waals surface area contributed by atoms with E-state index >= 15 is 0 Å². The van der Waals surface area contributed by atoms with Crippen molar-refractivity contribution in [2.24, 2.45) is 40.4 Å². The third-order valence-electron chi connectivity index (χ3n) is 10.2. The number of esters is 1. The molecule has 0 aromatic rings. The van der Waals surface area contributed by atoms with Crippen LogP contribution >= 0.6 is 0 Å². The number of rotatable bonds is 6. The number of fused-ring (bicyclic) bond motifs is 5. The summed E-state index contributed by atoms with van der Waals surface area (Å²) in [6.07, 6.45) is 15.4. The minimum atomic E-state index is -0.232. The third kappa shape index (κ3) is 4.25. The number of hydrogen-bond acceptors (Lipinski definition) is 3. The summed E-state index contributed by atoms with van der Waals surface area (Å²) in [7, 11) is 0. The average Bonchev–Trinajstić information content (AvgIpc) is 3.02. The van der Waals surface area contributed by atoms with Crippen LogP contribution < -0.4 is 0 Å². The van der Waals surface area contributed by atoms with E-state index in [1.165, 1.54) is 56.9 Å². The standard InChI is InChI=1S/C28H46O3/c1-18(2)8-6-7-9-20-10-11-23-26-24(13-15-27(20,23)4)28(5)14-12-22(30)16-21(28)17-25(26)31-19(3)29/h17-18,20,22-26,30H,6-16H2,1-5H3/t20?,22?,23?,24?,25-,26?,27+,28-/m0/s1. The largest absolute Gasteiger partial charge is 0.458 e. The van der Waals surface area contributed by atoms with Gasteiger partial charge < -0.3 is 9.84 Å². The van der Waals surface area contributed by atoms with Crippen LogP contribution in [0.5, 0.6) is 0 Å². The molecule has 8 atom stereocenters. The first-order valence-electron chi connectivity index (χ1n) is 13.2. The van der Waals surface area contributed by atoms with Gasteiger partial charge in [0.1, 0.15) is 6.10 Å². The van der Waals surface area contributed by atoms with Gasteiger partial charge in [0.05, 0.1) is 6.10 Å². The highest BCUT2D eigenvalue weighted by Crippen LogP contribution is 2.67. The van der Waals surface area contributed by atoms with E-state index in [4.69, 9.17) is 4.74 Å². The first-order valence-corrected chi connectivity index (χ1v) is 13.2. The van der Waals surface area contributed by atoms with E-state index < -0.39 is 0 Å². The topological polar surface area (TPSA) is 46.5 Å². The number of aliphatic hydroxyl groups is 1. The van der Waals surface area contributed by atoms with Gasteiger partial charge in [-0.15, -0.1) is 0 Å². The van der Waals surface area contributed by atoms with Crippen LogP contribution in [0, 0.1) is 40.4 Å². The summed E-state index contributed by atoms with van der Waals surface area (Å²) in [4.78, 5) is 12.1. The maximum absolute atomic E-state index is 12.1. The molecule has 0 aromatic carbocycles. The zero-order valence-corrected chi connectivity index (χ0v) is 20.7. The average molecular weight is 431 g/mol. The van der Waals surface area contributed by atoms with E-state index in [0.717, 1.165) is 31.1 Å². The van der Waals surface area contributed by atoms with Crippen molar-refractivity contribution in [3.05, 3.63) is 11.6 Å². The maximum atomic E-state index is 12.1. The molecule has 0 amide bonds. The number of carbonyl (C=O) groups is 1. The van der Waals surface area contributed by atoms with E-state index in [9.17, 15) is 9.90 Å². The van der Waals surface area contributed by atoms with E-state index in [2.05, 4.69) is 33.8 Å². The van der Waals surface area contributed by atoms with Gasteiger partial charge in [-0.1, -0.05) is 52.5 Å². The lowest BCUT2D eigenvalue weighted by Crippen LogP contribution is -2.55. The van der Waals surface area contributed by atoms with E-state index in [1.54, 1.807) is 6.92 Å². The molecule has 0 aromatic heterocycles. The Bertz CT molecular complexity index is 696. The second-order valence-electron chi connectivity index (χ2n) is 12.4. The molecule has 31 heavy (non-hydrogen) atoms. The van der Waals surface area contributed by atoms with Crippen LogP contribution in [0.25, 0.3) is 0 Å². The predicted molar refractivity (Wildman–Crippen MR) is 125 cm³/mol. The number of ether oxygens (including phenoxy) is 1. The van der Waals surface area contributed by atoms with Crippen LogP contribution in [0.2, 0.25) is 0 Å². The Hall–Kier alpha value is -0.830. The summed E-state index contributed by atoms with van der Waals surface area (Å²) in [5.74, 6) is 3.18. The van der Waals surface area contributed by atoms with Gasteiger partial charge in [0.15, 0.2) is 0 Å². The normalized spacial score (nSPS) is 44.3. The first kappa shape index (κ1) is 23.3. The second kappa shape index (κ2) is 8.84. The molecule has 3 nitrogen and oxygen atoms in total. The quantitative estimate of drug-likeness (QED) is 0.290. The molecule has 1 N–H and O–H groups in total. The molecule has 3 fully saturated rings. The van der Waals surface area contributed by atoms with Gasteiger partial charge in [0.2, 0.25) is 0 Å². The Balaban J connectivity index is 1.57. The van der Waals surface area contributed by atoms with Crippen LogP contribution in [0.3, 0.4) is 0 Å². The van der Waals surface area contributed by atoms with Crippen molar-refractivity contribution >= 4 is 5.97 Å². The number of hydrogen-bond donors (Lipinski definition) is 1. The van der Waals surface area contributed by atoms with Crippen LogP contribution in [-0.4, -0.2) is 23.3 Å². The first-order chi connectivity index (χ1) is 14.6. The lowest BCUT2D eigenvalue weighted by molar-refractivity contribution is -0.158. The summed E-state index contributed by atoms with van der Waals surface area (Å²) < 4.78 is 6.01. The number of carbonyl (C=O) groups excluding carboxylic acids is 1. The van der Waals surface area contributed by atoms with Crippen molar-refractivity contribution in [1.29, 1.82) is 0 Å². The highest BCUT2D eigenvalue weighted by molar-refractivity contribution is 5.66. The van der Waals surface area contributed by atoms with E-state index in [-0.39, 0.29) is 23.6 Å². The van der Waals surface area contributed by atoms with Crippen molar-refractivity contribution in [3.63, 3.8) is 0 Å². The van der Waals surface area contributed by atoms with Gasteiger partial charge in [-0.2, -0.15) is 0 Å². The summed E-state index contributed by atoms with van der Waals surface area (Å²) in [5, 5.41) is 10.3. The minimum Gasteiger partial charge on any atom is -0.458 e. The highest BCUT2D eigenvalue weighted by Gasteiger charge is 2.61. The van der Waals surface area contributed by atoms with Gasteiger partial charge in [-0.3, -0.25) is 4.79 Å². The van der Waals surface area contributed by atoms with Gasteiger partial charge in [0.25, 0.3) is 0 Å². The maximum Gasteiger partial charge on any atom is 0.303 e. The Morgan fingerprint density at radius 1 is 1.13 bits per heavy atom. The second-order valence-corrected chi connectivity index (χ2v) is 12.4. The molecule has 4 rings (SSSR count). The zero-order chi connectivity index (χ0) is 22.4. The summed E-state index contributed by atoms with van der Waals surface area (Å²) in [6, 6.07) is 0. The summed E-state index contributed by atoms with van der Waals surface area (Å²) in [6.45, 7) is 11.3. The molecule has 0 radical (unpaired) electrons. The molecule has 0 aliphatic heterocycles. The third-order valence-corrected chi connectivity index (χ3v) is 10.2. The van der Waals surface area contributed by atoms with Crippen molar-refractivity contribution in [1.82, 2.24) is 0 Å². The van der Waals surface area contributed by atoms with Crippen LogP contribution in [0.4, 0.5) is 0 Å². The van der Waals surface area contributed by atoms with Crippen LogP contribution in [-0.2, 0) is 9.53 Å². The monoisotopic (exact) mass is 430 g/mol. The van der Waals surface area contributed by atoms with Crippen LogP contribution in [0.15, 0.2) is 11.6 Å². The molecule has 0 bridgehead atoms. The van der Waals surface area contributed by atoms with Crippen molar-refractivity contribution in [3.8, 4) is 0 Å². The highest BCUT2D eigenvalue weighted by atomic mass is 16.5. The van der Waals surface area contributed by atoms with Gasteiger partial charge >= 0.3 is 5.97 Å². The molecular formula is C28H46O3. The summed E-state index contributed by atoms with van der Waals surface area (Å²) >= 11 is 0. The smallest absolute Gasteiger partial charge is 0.303 e. The Morgan fingerprint density at radius 3 is 2.61 bits per heavy atom. The molecule has 4 aliphatic carbocycles.